The molecule has 0 aromatic carbocycles. The van der Waals surface area contributed by atoms with Crippen LogP contribution in [0.5, 0.6) is 0 Å². The van der Waals surface area contributed by atoms with Crippen LogP contribution < -0.4 is 11.1 Å². The minimum absolute atomic E-state index is 0.0870. The van der Waals surface area contributed by atoms with Crippen LogP contribution in [0.4, 0.5) is 0 Å². The number of amides is 1. The summed E-state index contributed by atoms with van der Waals surface area (Å²) in [7, 11) is 0. The Morgan fingerprint density at radius 2 is 2.12 bits per heavy atom. The van der Waals surface area contributed by atoms with Gasteiger partial charge < -0.3 is 16.0 Å². The Morgan fingerprint density at radius 3 is 2.88 bits per heavy atom. The van der Waals surface area contributed by atoms with Crippen molar-refractivity contribution in [2.75, 3.05) is 13.1 Å². The Balaban J connectivity index is 1.54. The number of nitrogens with zero attached hydrogens (tertiary/aromatic N) is 1. The van der Waals surface area contributed by atoms with Crippen LogP contribution >= 0.6 is 0 Å². The van der Waals surface area contributed by atoms with Crippen molar-refractivity contribution in [3.05, 3.63) is 0 Å². The molecule has 3 aliphatic rings. The Hall–Kier alpha value is -0.610. The number of carbonyl (C=O) groups is 1. The Morgan fingerprint density at radius 1 is 1.31 bits per heavy atom. The molecule has 16 heavy (non-hydrogen) atoms. The maximum absolute atomic E-state index is 11.8. The van der Waals surface area contributed by atoms with Gasteiger partial charge in [0, 0.05) is 18.6 Å². The van der Waals surface area contributed by atoms with E-state index in [9.17, 15) is 4.79 Å². The fourth-order valence-electron chi connectivity index (χ4n) is 3.05. The molecule has 1 amide bonds. The number of hydrogen-bond acceptors (Lipinski definition) is 3. The van der Waals surface area contributed by atoms with Crippen molar-refractivity contribution in [2.45, 2.75) is 56.1 Å². The molecule has 3 rings (SSSR count). The lowest BCUT2D eigenvalue weighted by Crippen LogP contribution is -2.52. The van der Waals surface area contributed by atoms with E-state index < -0.39 is 5.54 Å². The van der Waals surface area contributed by atoms with Crippen molar-refractivity contribution in [3.8, 4) is 0 Å². The van der Waals surface area contributed by atoms with Crippen molar-refractivity contribution < 1.29 is 4.79 Å². The van der Waals surface area contributed by atoms with Crippen LogP contribution in [-0.2, 0) is 4.79 Å². The molecule has 0 radical (unpaired) electrons. The lowest BCUT2D eigenvalue weighted by molar-refractivity contribution is -0.124. The standard InChI is InChI=1S/C12H21N3O/c13-12(4-5-12)11(16)14-9-3-7-15-6-1-2-10(15)8-9/h9-10H,1-8,13H2,(H,14,16). The molecule has 1 saturated carbocycles. The number of carbonyl (C=O) groups excluding carboxylic acids is 1. The minimum atomic E-state index is -0.507. The van der Waals surface area contributed by atoms with Gasteiger partial charge in [-0.1, -0.05) is 0 Å². The normalized spacial score (nSPS) is 36.8. The van der Waals surface area contributed by atoms with Gasteiger partial charge in [-0.05, 0) is 45.1 Å². The summed E-state index contributed by atoms with van der Waals surface area (Å²) >= 11 is 0. The van der Waals surface area contributed by atoms with Crippen LogP contribution in [0.15, 0.2) is 0 Å². The Labute approximate surface area is 96.5 Å². The van der Waals surface area contributed by atoms with E-state index in [0.717, 1.165) is 32.2 Å². The largest absolute Gasteiger partial charge is 0.352 e. The second kappa shape index (κ2) is 3.70. The Bertz CT molecular complexity index is 301. The van der Waals surface area contributed by atoms with Crippen molar-refractivity contribution in [2.24, 2.45) is 5.73 Å². The van der Waals surface area contributed by atoms with Crippen molar-refractivity contribution >= 4 is 5.91 Å². The van der Waals surface area contributed by atoms with E-state index in [2.05, 4.69) is 10.2 Å². The van der Waals surface area contributed by atoms with Gasteiger partial charge in [-0.3, -0.25) is 4.79 Å². The average Bonchev–Trinajstić information content (AvgIpc) is 2.87. The quantitative estimate of drug-likeness (QED) is 0.704. The average molecular weight is 223 g/mol. The fraction of sp³-hybridized carbons (Fsp3) is 0.917. The molecule has 2 unspecified atom stereocenters. The molecule has 3 fully saturated rings. The van der Waals surface area contributed by atoms with E-state index in [4.69, 9.17) is 5.73 Å². The number of piperidine rings is 1. The van der Waals surface area contributed by atoms with Crippen LogP contribution in [0, 0.1) is 0 Å². The smallest absolute Gasteiger partial charge is 0.240 e. The molecule has 2 saturated heterocycles. The summed E-state index contributed by atoms with van der Waals surface area (Å²) in [6.45, 7) is 2.40. The first-order chi connectivity index (χ1) is 7.67. The molecule has 4 heteroatoms. The van der Waals surface area contributed by atoms with Gasteiger partial charge in [0.1, 0.15) is 0 Å². The molecule has 90 valence electrons. The van der Waals surface area contributed by atoms with Crippen LogP contribution in [0.1, 0.15) is 38.5 Å². The topological polar surface area (TPSA) is 58.4 Å². The molecule has 0 bridgehead atoms. The highest BCUT2D eigenvalue weighted by Crippen LogP contribution is 2.33. The number of rotatable bonds is 2. The van der Waals surface area contributed by atoms with E-state index in [1.807, 2.05) is 0 Å². The minimum Gasteiger partial charge on any atom is -0.352 e. The summed E-state index contributed by atoms with van der Waals surface area (Å²) in [5, 5.41) is 3.14. The molecule has 0 aromatic rings. The Kier molecular flexibility index (Phi) is 2.44. The molecule has 2 aliphatic heterocycles. The number of fused-ring (bicyclic) bond motifs is 1. The molecular formula is C12H21N3O. The summed E-state index contributed by atoms with van der Waals surface area (Å²) in [5.74, 6) is 0.0870. The van der Waals surface area contributed by atoms with Gasteiger partial charge in [-0.2, -0.15) is 0 Å². The zero-order valence-electron chi connectivity index (χ0n) is 9.74. The van der Waals surface area contributed by atoms with E-state index in [1.165, 1.54) is 19.4 Å². The summed E-state index contributed by atoms with van der Waals surface area (Å²) < 4.78 is 0. The molecule has 0 aromatic heterocycles. The fourth-order valence-corrected chi connectivity index (χ4v) is 3.05. The van der Waals surface area contributed by atoms with E-state index in [-0.39, 0.29) is 5.91 Å². The van der Waals surface area contributed by atoms with Crippen LogP contribution in [0.25, 0.3) is 0 Å². The molecule has 2 heterocycles. The second-order valence-corrected chi connectivity index (χ2v) is 5.68. The zero-order valence-corrected chi connectivity index (χ0v) is 9.74. The van der Waals surface area contributed by atoms with Crippen molar-refractivity contribution in [1.29, 1.82) is 0 Å². The van der Waals surface area contributed by atoms with Gasteiger partial charge >= 0.3 is 0 Å². The van der Waals surface area contributed by atoms with Crippen LogP contribution in [0.2, 0.25) is 0 Å². The first kappa shape index (κ1) is 10.5. The first-order valence-corrected chi connectivity index (χ1v) is 6.51. The summed E-state index contributed by atoms with van der Waals surface area (Å²) in [5.41, 5.74) is 5.38. The lowest BCUT2D eigenvalue weighted by atomic mass is 9.97. The molecule has 1 aliphatic carbocycles. The van der Waals surface area contributed by atoms with Gasteiger partial charge in [-0.15, -0.1) is 0 Å². The van der Waals surface area contributed by atoms with Gasteiger partial charge in [0.2, 0.25) is 5.91 Å². The number of nitrogens with two attached hydrogens (primary N) is 1. The SMILES string of the molecule is NC1(C(=O)NC2CCN3CCCC3C2)CC1. The summed E-state index contributed by atoms with van der Waals surface area (Å²) in [6, 6.07) is 1.08. The highest BCUT2D eigenvalue weighted by Gasteiger charge is 2.46. The lowest BCUT2D eigenvalue weighted by Gasteiger charge is -2.35. The maximum atomic E-state index is 11.8. The van der Waals surface area contributed by atoms with E-state index in [1.54, 1.807) is 0 Å². The van der Waals surface area contributed by atoms with Gasteiger partial charge in [0.15, 0.2) is 0 Å². The molecular weight excluding hydrogens is 202 g/mol. The molecule has 2 atom stereocenters. The highest BCUT2D eigenvalue weighted by molar-refractivity contribution is 5.89. The number of hydrogen-bond donors (Lipinski definition) is 2. The third-order valence-electron chi connectivity index (χ3n) is 4.40. The predicted molar refractivity (Wildman–Crippen MR) is 61.9 cm³/mol. The van der Waals surface area contributed by atoms with Gasteiger partial charge in [0.05, 0.1) is 5.54 Å². The first-order valence-electron chi connectivity index (χ1n) is 6.51. The van der Waals surface area contributed by atoms with Crippen molar-refractivity contribution in [1.82, 2.24) is 10.2 Å². The van der Waals surface area contributed by atoms with Crippen LogP contribution in [0.3, 0.4) is 0 Å². The van der Waals surface area contributed by atoms with Crippen LogP contribution in [-0.4, -0.2) is 41.5 Å². The molecule has 3 N–H and O–H groups in total. The zero-order chi connectivity index (χ0) is 11.2. The highest BCUT2D eigenvalue weighted by atomic mass is 16.2. The maximum Gasteiger partial charge on any atom is 0.240 e. The third-order valence-corrected chi connectivity index (χ3v) is 4.40. The second-order valence-electron chi connectivity index (χ2n) is 5.68. The third kappa shape index (κ3) is 1.84. The summed E-state index contributed by atoms with van der Waals surface area (Å²) in [4.78, 5) is 14.4. The molecule has 4 nitrogen and oxygen atoms in total. The van der Waals surface area contributed by atoms with Gasteiger partial charge in [0.25, 0.3) is 0 Å². The van der Waals surface area contributed by atoms with E-state index in [0.29, 0.717) is 12.1 Å². The van der Waals surface area contributed by atoms with E-state index >= 15 is 0 Å². The monoisotopic (exact) mass is 223 g/mol. The van der Waals surface area contributed by atoms with Crippen molar-refractivity contribution in [3.63, 3.8) is 0 Å². The van der Waals surface area contributed by atoms with Gasteiger partial charge in [-0.25, -0.2) is 0 Å². The predicted octanol–water partition coefficient (Wildman–Crippen LogP) is 0.221. The molecule has 0 spiro atoms. The number of nitrogens with one attached hydrogen (secondary N) is 1. The summed E-state index contributed by atoms with van der Waals surface area (Å²) in [6.07, 6.45) is 6.58.